The molecule has 0 heterocycles. The zero-order valence-corrected chi connectivity index (χ0v) is 10.9. The van der Waals surface area contributed by atoms with Crippen LogP contribution in [0.15, 0.2) is 12.1 Å². The van der Waals surface area contributed by atoms with Gasteiger partial charge in [-0.3, -0.25) is 0 Å². The summed E-state index contributed by atoms with van der Waals surface area (Å²) in [6.07, 6.45) is 1.05. The number of nitrogens with one attached hydrogen (secondary N) is 1. The quantitative estimate of drug-likeness (QED) is 0.796. The van der Waals surface area contributed by atoms with Gasteiger partial charge in [-0.05, 0) is 32.4 Å². The Bertz CT molecular complexity index is 334. The fraction of sp³-hybridized carbons (Fsp3) is 0.571. The Morgan fingerprint density at radius 3 is 2.56 bits per heavy atom. The van der Waals surface area contributed by atoms with E-state index in [0.29, 0.717) is 0 Å². The molecule has 0 aliphatic rings. The Hall–Kier alpha value is -1.02. The van der Waals surface area contributed by atoms with Crippen LogP contribution in [0.1, 0.15) is 37.0 Å². The summed E-state index contributed by atoms with van der Waals surface area (Å²) in [6.45, 7) is 11.2. The van der Waals surface area contributed by atoms with Crippen LogP contribution >= 0.6 is 0 Å². The van der Waals surface area contributed by atoms with Crippen molar-refractivity contribution in [3.8, 4) is 5.75 Å². The van der Waals surface area contributed by atoms with E-state index in [9.17, 15) is 0 Å². The van der Waals surface area contributed by atoms with E-state index in [4.69, 9.17) is 4.74 Å². The third-order valence-corrected chi connectivity index (χ3v) is 2.51. The first kappa shape index (κ1) is 13.0. The third-order valence-electron chi connectivity index (χ3n) is 2.51. The molecule has 16 heavy (non-hydrogen) atoms. The number of ether oxygens (including phenoxy) is 1. The van der Waals surface area contributed by atoms with Gasteiger partial charge in [0.05, 0.1) is 6.61 Å². The maximum atomic E-state index is 5.83. The Balaban J connectivity index is 2.91. The van der Waals surface area contributed by atoms with E-state index in [1.165, 1.54) is 16.7 Å². The molecule has 0 bridgehead atoms. The molecule has 0 aliphatic carbocycles. The van der Waals surface area contributed by atoms with Gasteiger partial charge in [0.25, 0.3) is 0 Å². The van der Waals surface area contributed by atoms with Crippen LogP contribution in [-0.2, 0) is 6.54 Å². The predicted octanol–water partition coefficient (Wildman–Crippen LogP) is 3.20. The van der Waals surface area contributed by atoms with Gasteiger partial charge in [-0.25, -0.2) is 0 Å². The number of aryl methyl sites for hydroxylation is 2. The molecule has 2 heteroatoms. The maximum absolute atomic E-state index is 5.83. The SMILES string of the molecule is CCCOc1c(C)cc(C)cc1CNCC. The lowest BCUT2D eigenvalue weighted by Crippen LogP contribution is -2.13. The van der Waals surface area contributed by atoms with E-state index in [0.717, 1.165) is 31.9 Å². The molecule has 0 aliphatic heterocycles. The summed E-state index contributed by atoms with van der Waals surface area (Å²) in [6, 6.07) is 4.39. The Kier molecular flexibility index (Phi) is 5.33. The van der Waals surface area contributed by atoms with E-state index < -0.39 is 0 Å². The van der Waals surface area contributed by atoms with Crippen LogP contribution in [0.2, 0.25) is 0 Å². The predicted molar refractivity (Wildman–Crippen MR) is 69.1 cm³/mol. The molecule has 0 atom stereocenters. The fourth-order valence-electron chi connectivity index (χ4n) is 1.84. The summed E-state index contributed by atoms with van der Waals surface area (Å²) in [7, 11) is 0. The van der Waals surface area contributed by atoms with Crippen molar-refractivity contribution in [1.82, 2.24) is 5.32 Å². The van der Waals surface area contributed by atoms with Gasteiger partial charge in [0.2, 0.25) is 0 Å². The molecule has 0 saturated heterocycles. The summed E-state index contributed by atoms with van der Waals surface area (Å²) in [5.74, 6) is 1.06. The lowest BCUT2D eigenvalue weighted by molar-refractivity contribution is 0.311. The van der Waals surface area contributed by atoms with Crippen LogP contribution in [0.3, 0.4) is 0 Å². The van der Waals surface area contributed by atoms with E-state index in [-0.39, 0.29) is 0 Å². The van der Waals surface area contributed by atoms with E-state index >= 15 is 0 Å². The van der Waals surface area contributed by atoms with Gasteiger partial charge < -0.3 is 10.1 Å². The number of rotatable bonds is 6. The molecular formula is C14H23NO. The molecule has 0 spiro atoms. The Morgan fingerprint density at radius 2 is 1.94 bits per heavy atom. The first-order valence-corrected chi connectivity index (χ1v) is 6.12. The van der Waals surface area contributed by atoms with Gasteiger partial charge in [0.15, 0.2) is 0 Å². The molecule has 90 valence electrons. The first-order valence-electron chi connectivity index (χ1n) is 6.12. The minimum atomic E-state index is 0.795. The average molecular weight is 221 g/mol. The van der Waals surface area contributed by atoms with Crippen molar-refractivity contribution in [1.29, 1.82) is 0 Å². The molecule has 0 amide bonds. The minimum Gasteiger partial charge on any atom is -0.493 e. The van der Waals surface area contributed by atoms with Gasteiger partial charge in [0, 0.05) is 12.1 Å². The second kappa shape index (κ2) is 6.54. The molecule has 0 unspecified atom stereocenters. The van der Waals surface area contributed by atoms with E-state index in [1.807, 2.05) is 0 Å². The summed E-state index contributed by atoms with van der Waals surface area (Å²) in [5, 5.41) is 3.36. The van der Waals surface area contributed by atoms with Crippen molar-refractivity contribution in [2.24, 2.45) is 0 Å². The number of hydrogen-bond donors (Lipinski definition) is 1. The normalized spacial score (nSPS) is 10.5. The van der Waals surface area contributed by atoms with Gasteiger partial charge in [-0.15, -0.1) is 0 Å². The Labute approximate surface area is 99.0 Å². The number of hydrogen-bond acceptors (Lipinski definition) is 2. The van der Waals surface area contributed by atoms with Crippen molar-refractivity contribution in [2.45, 2.75) is 40.7 Å². The third kappa shape index (κ3) is 3.53. The van der Waals surface area contributed by atoms with Crippen LogP contribution in [0.5, 0.6) is 5.75 Å². The first-order chi connectivity index (χ1) is 7.69. The molecule has 1 aromatic rings. The zero-order chi connectivity index (χ0) is 12.0. The summed E-state index contributed by atoms with van der Waals surface area (Å²) >= 11 is 0. The maximum Gasteiger partial charge on any atom is 0.126 e. The van der Waals surface area contributed by atoms with Crippen molar-refractivity contribution >= 4 is 0 Å². The summed E-state index contributed by atoms with van der Waals surface area (Å²) < 4.78 is 5.83. The van der Waals surface area contributed by atoms with Crippen molar-refractivity contribution in [2.75, 3.05) is 13.2 Å². The molecule has 1 rings (SSSR count). The lowest BCUT2D eigenvalue weighted by atomic mass is 10.1. The minimum absolute atomic E-state index is 0.795. The second-order valence-electron chi connectivity index (χ2n) is 4.20. The van der Waals surface area contributed by atoms with Crippen molar-refractivity contribution < 1.29 is 4.74 Å². The van der Waals surface area contributed by atoms with Gasteiger partial charge in [-0.1, -0.05) is 31.5 Å². The van der Waals surface area contributed by atoms with Gasteiger partial charge in [0.1, 0.15) is 5.75 Å². The molecule has 1 aromatic carbocycles. The molecule has 0 radical (unpaired) electrons. The second-order valence-corrected chi connectivity index (χ2v) is 4.20. The molecule has 2 nitrogen and oxygen atoms in total. The largest absolute Gasteiger partial charge is 0.493 e. The molecule has 0 fully saturated rings. The highest BCUT2D eigenvalue weighted by atomic mass is 16.5. The highest BCUT2D eigenvalue weighted by Crippen LogP contribution is 2.25. The molecule has 0 saturated carbocycles. The summed E-state index contributed by atoms with van der Waals surface area (Å²) in [5.41, 5.74) is 3.81. The molecular weight excluding hydrogens is 198 g/mol. The lowest BCUT2D eigenvalue weighted by Gasteiger charge is -2.15. The average Bonchev–Trinajstić information content (AvgIpc) is 2.24. The topological polar surface area (TPSA) is 21.3 Å². The summed E-state index contributed by atoms with van der Waals surface area (Å²) in [4.78, 5) is 0. The molecule has 1 N–H and O–H groups in total. The van der Waals surface area contributed by atoms with Gasteiger partial charge in [-0.2, -0.15) is 0 Å². The van der Waals surface area contributed by atoms with Crippen LogP contribution in [-0.4, -0.2) is 13.2 Å². The van der Waals surface area contributed by atoms with E-state index in [1.54, 1.807) is 0 Å². The number of benzene rings is 1. The van der Waals surface area contributed by atoms with Crippen LogP contribution < -0.4 is 10.1 Å². The fourth-order valence-corrected chi connectivity index (χ4v) is 1.84. The smallest absolute Gasteiger partial charge is 0.126 e. The molecule has 0 aromatic heterocycles. The van der Waals surface area contributed by atoms with Crippen LogP contribution in [0, 0.1) is 13.8 Å². The van der Waals surface area contributed by atoms with Crippen molar-refractivity contribution in [3.05, 3.63) is 28.8 Å². The Morgan fingerprint density at radius 1 is 1.19 bits per heavy atom. The highest BCUT2D eigenvalue weighted by molar-refractivity contribution is 5.43. The van der Waals surface area contributed by atoms with E-state index in [2.05, 4.69) is 45.1 Å². The monoisotopic (exact) mass is 221 g/mol. The van der Waals surface area contributed by atoms with Crippen LogP contribution in [0.25, 0.3) is 0 Å². The van der Waals surface area contributed by atoms with Gasteiger partial charge >= 0.3 is 0 Å². The van der Waals surface area contributed by atoms with Crippen LogP contribution in [0.4, 0.5) is 0 Å². The zero-order valence-electron chi connectivity index (χ0n) is 10.9. The standard InChI is InChI=1S/C14H23NO/c1-5-7-16-14-12(4)8-11(3)9-13(14)10-15-6-2/h8-9,15H,5-7,10H2,1-4H3. The highest BCUT2D eigenvalue weighted by Gasteiger charge is 2.07. The van der Waals surface area contributed by atoms with Crippen molar-refractivity contribution in [3.63, 3.8) is 0 Å².